The fraction of sp³-hybridized carbons (Fsp3) is 0.176. The predicted octanol–water partition coefficient (Wildman–Crippen LogP) is 2.87. The fourth-order valence-corrected chi connectivity index (χ4v) is 2.67. The van der Waals surface area contributed by atoms with Crippen LogP contribution < -0.4 is 9.64 Å². The fourth-order valence-electron chi connectivity index (χ4n) is 2.67. The monoisotopic (exact) mass is 299 g/mol. The maximum atomic E-state index is 13.9. The minimum atomic E-state index is -0.661. The number of ketones is 1. The zero-order chi connectivity index (χ0) is 15.9. The number of halogens is 1. The molecule has 0 atom stereocenters. The van der Waals surface area contributed by atoms with Crippen molar-refractivity contribution >= 4 is 17.4 Å². The van der Waals surface area contributed by atoms with E-state index in [0.29, 0.717) is 28.1 Å². The molecule has 0 aromatic heterocycles. The van der Waals surface area contributed by atoms with Crippen LogP contribution in [-0.2, 0) is 11.3 Å². The van der Waals surface area contributed by atoms with Crippen molar-refractivity contribution in [2.24, 2.45) is 0 Å². The summed E-state index contributed by atoms with van der Waals surface area (Å²) < 4.78 is 19.1. The molecule has 112 valence electrons. The van der Waals surface area contributed by atoms with Crippen molar-refractivity contribution in [3.8, 4) is 5.75 Å². The predicted molar refractivity (Wildman–Crippen MR) is 79.7 cm³/mol. The Labute approximate surface area is 127 Å². The molecule has 1 aliphatic rings. The van der Waals surface area contributed by atoms with E-state index < -0.39 is 17.5 Å². The lowest BCUT2D eigenvalue weighted by Crippen LogP contribution is -2.29. The Morgan fingerprint density at radius 2 is 1.86 bits per heavy atom. The number of fused-ring (bicyclic) bond motifs is 1. The van der Waals surface area contributed by atoms with E-state index in [0.717, 1.165) is 0 Å². The van der Waals surface area contributed by atoms with E-state index in [-0.39, 0.29) is 6.54 Å². The number of amides is 1. The van der Waals surface area contributed by atoms with Crippen molar-refractivity contribution in [2.75, 3.05) is 12.0 Å². The molecule has 0 saturated heterocycles. The second-order valence-corrected chi connectivity index (χ2v) is 5.12. The lowest BCUT2D eigenvalue weighted by atomic mass is 10.0. The van der Waals surface area contributed by atoms with Crippen molar-refractivity contribution in [2.45, 2.75) is 13.5 Å². The highest BCUT2D eigenvalue weighted by Gasteiger charge is 2.39. The number of benzene rings is 2. The van der Waals surface area contributed by atoms with Gasteiger partial charge < -0.3 is 4.74 Å². The molecule has 22 heavy (non-hydrogen) atoms. The highest BCUT2D eigenvalue weighted by molar-refractivity contribution is 6.52. The first kappa shape index (κ1) is 14.3. The lowest BCUT2D eigenvalue weighted by Gasteiger charge is -2.19. The van der Waals surface area contributed by atoms with Gasteiger partial charge in [0.15, 0.2) is 0 Å². The molecule has 2 aromatic rings. The van der Waals surface area contributed by atoms with Crippen molar-refractivity contribution in [1.29, 1.82) is 0 Å². The summed E-state index contributed by atoms with van der Waals surface area (Å²) in [6.45, 7) is 1.75. The van der Waals surface area contributed by atoms with Gasteiger partial charge in [0.1, 0.15) is 11.6 Å². The summed E-state index contributed by atoms with van der Waals surface area (Å²) in [6, 6.07) is 9.62. The third kappa shape index (κ3) is 2.06. The van der Waals surface area contributed by atoms with Gasteiger partial charge in [-0.3, -0.25) is 14.5 Å². The summed E-state index contributed by atoms with van der Waals surface area (Å²) >= 11 is 0. The molecule has 0 aliphatic carbocycles. The third-order valence-corrected chi connectivity index (χ3v) is 3.79. The topological polar surface area (TPSA) is 46.6 Å². The SMILES string of the molecule is COc1ccc(C)c2c1N(Cc1ccccc1F)C(=O)C2=O. The largest absolute Gasteiger partial charge is 0.495 e. The number of Topliss-reactive ketones (excluding diaryl/α,β-unsaturated/α-hetero) is 1. The summed E-state index contributed by atoms with van der Waals surface area (Å²) in [5.41, 5.74) is 1.80. The van der Waals surface area contributed by atoms with E-state index in [9.17, 15) is 14.0 Å². The molecule has 1 heterocycles. The summed E-state index contributed by atoms with van der Waals surface area (Å²) in [5.74, 6) is -1.23. The molecule has 0 radical (unpaired) electrons. The van der Waals surface area contributed by atoms with Crippen molar-refractivity contribution in [3.63, 3.8) is 0 Å². The Morgan fingerprint density at radius 3 is 2.55 bits per heavy atom. The second kappa shape index (κ2) is 5.26. The Morgan fingerprint density at radius 1 is 1.14 bits per heavy atom. The van der Waals surface area contributed by atoms with Crippen LogP contribution in [0.2, 0.25) is 0 Å². The van der Waals surface area contributed by atoms with Crippen LogP contribution in [0.1, 0.15) is 21.5 Å². The highest BCUT2D eigenvalue weighted by Crippen LogP contribution is 2.40. The average Bonchev–Trinajstić information content (AvgIpc) is 2.76. The van der Waals surface area contributed by atoms with E-state index in [4.69, 9.17) is 4.74 Å². The average molecular weight is 299 g/mol. The number of aryl methyl sites for hydroxylation is 1. The molecule has 1 amide bonds. The van der Waals surface area contributed by atoms with Gasteiger partial charge in [0.2, 0.25) is 0 Å². The Kier molecular flexibility index (Phi) is 3.41. The molecule has 0 unspecified atom stereocenters. The lowest BCUT2D eigenvalue weighted by molar-refractivity contribution is -0.114. The quantitative estimate of drug-likeness (QED) is 0.819. The molecule has 3 rings (SSSR count). The molecule has 5 heteroatoms. The van der Waals surface area contributed by atoms with Crippen LogP contribution in [0.15, 0.2) is 36.4 Å². The first-order valence-electron chi connectivity index (χ1n) is 6.81. The number of carbonyl (C=O) groups excluding carboxylic acids is 2. The van der Waals surface area contributed by atoms with E-state index in [1.165, 1.54) is 18.1 Å². The highest BCUT2D eigenvalue weighted by atomic mass is 19.1. The van der Waals surface area contributed by atoms with E-state index in [2.05, 4.69) is 0 Å². The maximum Gasteiger partial charge on any atom is 0.299 e. The number of hydrogen-bond donors (Lipinski definition) is 0. The molecule has 4 nitrogen and oxygen atoms in total. The van der Waals surface area contributed by atoms with Gasteiger partial charge in [-0.2, -0.15) is 0 Å². The molecule has 0 fully saturated rings. The number of rotatable bonds is 3. The van der Waals surface area contributed by atoms with Gasteiger partial charge in [-0.05, 0) is 24.6 Å². The minimum Gasteiger partial charge on any atom is -0.495 e. The standard InChI is InChI=1S/C17H14FNO3/c1-10-7-8-13(22-2)15-14(10)16(20)17(21)19(15)9-11-5-3-4-6-12(11)18/h3-8H,9H2,1-2H3. The summed E-state index contributed by atoms with van der Waals surface area (Å²) in [4.78, 5) is 25.8. The Bertz CT molecular complexity index is 785. The molecule has 0 N–H and O–H groups in total. The van der Waals surface area contributed by atoms with Crippen molar-refractivity contribution < 1.29 is 18.7 Å². The summed E-state index contributed by atoms with van der Waals surface area (Å²) in [7, 11) is 1.47. The van der Waals surface area contributed by atoms with Crippen LogP contribution in [0.25, 0.3) is 0 Å². The third-order valence-electron chi connectivity index (χ3n) is 3.79. The number of carbonyl (C=O) groups is 2. The smallest absolute Gasteiger partial charge is 0.299 e. The van der Waals surface area contributed by atoms with Crippen LogP contribution in [0.3, 0.4) is 0 Å². The molecule has 0 bridgehead atoms. The van der Waals surface area contributed by atoms with Crippen molar-refractivity contribution in [3.05, 3.63) is 58.9 Å². The van der Waals surface area contributed by atoms with Gasteiger partial charge in [0, 0.05) is 5.56 Å². The van der Waals surface area contributed by atoms with Gasteiger partial charge in [0.05, 0.1) is 24.9 Å². The zero-order valence-corrected chi connectivity index (χ0v) is 12.2. The maximum absolute atomic E-state index is 13.9. The molecular weight excluding hydrogens is 285 g/mol. The number of anilines is 1. The molecule has 0 saturated carbocycles. The zero-order valence-electron chi connectivity index (χ0n) is 12.2. The van der Waals surface area contributed by atoms with Gasteiger partial charge >= 0.3 is 0 Å². The number of ether oxygens (including phenoxy) is 1. The van der Waals surface area contributed by atoms with Crippen molar-refractivity contribution in [1.82, 2.24) is 0 Å². The van der Waals surface area contributed by atoms with E-state index >= 15 is 0 Å². The number of hydrogen-bond acceptors (Lipinski definition) is 3. The van der Waals surface area contributed by atoms with Gasteiger partial charge in [-0.1, -0.05) is 24.3 Å². The summed E-state index contributed by atoms with van der Waals surface area (Å²) in [5, 5.41) is 0. The minimum absolute atomic E-state index is 0.00986. The van der Waals surface area contributed by atoms with Gasteiger partial charge in [-0.15, -0.1) is 0 Å². The van der Waals surface area contributed by atoms with Gasteiger partial charge in [-0.25, -0.2) is 4.39 Å². The Balaban J connectivity index is 2.12. The number of nitrogens with zero attached hydrogens (tertiary/aromatic N) is 1. The molecule has 0 spiro atoms. The summed E-state index contributed by atoms with van der Waals surface area (Å²) in [6.07, 6.45) is 0. The molecule has 2 aromatic carbocycles. The van der Waals surface area contributed by atoms with Crippen LogP contribution in [0.4, 0.5) is 10.1 Å². The first-order chi connectivity index (χ1) is 10.5. The van der Waals surface area contributed by atoms with Crippen LogP contribution in [0, 0.1) is 12.7 Å². The van der Waals surface area contributed by atoms with Gasteiger partial charge in [0.25, 0.3) is 11.7 Å². The van der Waals surface area contributed by atoms with E-state index in [1.54, 1.807) is 37.3 Å². The van der Waals surface area contributed by atoms with E-state index in [1.807, 2.05) is 0 Å². The normalized spacial score (nSPS) is 13.5. The van der Waals surface area contributed by atoms with Crippen LogP contribution in [-0.4, -0.2) is 18.8 Å². The second-order valence-electron chi connectivity index (χ2n) is 5.12. The Hall–Kier alpha value is -2.69. The first-order valence-corrected chi connectivity index (χ1v) is 6.81. The molecular formula is C17H14FNO3. The number of methoxy groups -OCH3 is 1. The molecule has 1 aliphatic heterocycles. The van der Waals surface area contributed by atoms with Crippen LogP contribution >= 0.6 is 0 Å². The van der Waals surface area contributed by atoms with Crippen LogP contribution in [0.5, 0.6) is 5.75 Å².